The van der Waals surface area contributed by atoms with Gasteiger partial charge in [0.1, 0.15) is 0 Å². The molecule has 21 heavy (non-hydrogen) atoms. The average Bonchev–Trinajstić information content (AvgIpc) is 2.47. The van der Waals surface area contributed by atoms with Gasteiger partial charge in [0.25, 0.3) is 5.91 Å². The van der Waals surface area contributed by atoms with E-state index in [2.05, 4.69) is 0 Å². The molecule has 0 atom stereocenters. The first kappa shape index (κ1) is 15.9. The molecule has 1 amide bonds. The number of amides is 1. The molecule has 0 aromatic heterocycles. The first-order valence-corrected chi connectivity index (χ1v) is 7.41. The second-order valence-electron chi connectivity index (χ2n) is 5.48. The van der Waals surface area contributed by atoms with Gasteiger partial charge in [0, 0.05) is 25.1 Å². The van der Waals surface area contributed by atoms with E-state index in [1.807, 2.05) is 4.90 Å². The molecule has 0 unspecified atom stereocenters. The highest BCUT2D eigenvalue weighted by molar-refractivity contribution is 5.95. The highest BCUT2D eigenvalue weighted by Gasteiger charge is 2.26. The molecule has 2 rings (SSSR count). The summed E-state index contributed by atoms with van der Waals surface area (Å²) in [7, 11) is 0. The number of carbonyl (C=O) groups is 1. The van der Waals surface area contributed by atoms with E-state index in [1.165, 1.54) is 0 Å². The lowest BCUT2D eigenvalue weighted by Gasteiger charge is -2.27. The van der Waals surface area contributed by atoms with Crippen LogP contribution in [0.5, 0.6) is 0 Å². The van der Waals surface area contributed by atoms with Crippen molar-refractivity contribution in [2.24, 2.45) is 0 Å². The van der Waals surface area contributed by atoms with Crippen LogP contribution in [0, 0.1) is 0 Å². The summed E-state index contributed by atoms with van der Waals surface area (Å²) in [5.74, 6) is -0.0442. The van der Waals surface area contributed by atoms with E-state index in [1.54, 1.807) is 24.3 Å². The second-order valence-corrected chi connectivity index (χ2v) is 5.48. The molecule has 1 aromatic carbocycles. The minimum Gasteiger partial charge on any atom is -0.339 e. The van der Waals surface area contributed by atoms with Crippen LogP contribution in [0.2, 0.25) is 0 Å². The maximum atomic E-state index is 12.5. The van der Waals surface area contributed by atoms with Crippen LogP contribution < -0.4 is 0 Å². The maximum Gasteiger partial charge on any atom is 0.389 e. The number of hydrogen-bond acceptors (Lipinski definition) is 1. The summed E-state index contributed by atoms with van der Waals surface area (Å²) in [6.45, 7) is 1.49. The van der Waals surface area contributed by atoms with E-state index in [0.717, 1.165) is 37.9 Å². The Balaban J connectivity index is 2.03. The minimum atomic E-state index is -4.13. The Morgan fingerprint density at radius 2 is 1.76 bits per heavy atom. The SMILES string of the molecule is O=C(c1ccccc1CCCC(F)(F)F)N1CCCCC1. The molecule has 1 heterocycles. The van der Waals surface area contributed by atoms with Gasteiger partial charge in [-0.3, -0.25) is 4.79 Å². The van der Waals surface area contributed by atoms with Gasteiger partial charge in [-0.25, -0.2) is 0 Å². The summed E-state index contributed by atoms with van der Waals surface area (Å²) in [5.41, 5.74) is 1.28. The van der Waals surface area contributed by atoms with Crippen LogP contribution in [0.1, 0.15) is 48.0 Å². The van der Waals surface area contributed by atoms with E-state index in [4.69, 9.17) is 0 Å². The molecular formula is C16H20F3NO. The molecule has 0 aliphatic carbocycles. The molecule has 1 fully saturated rings. The number of piperidine rings is 1. The Labute approximate surface area is 122 Å². The third-order valence-electron chi connectivity index (χ3n) is 3.80. The molecule has 2 nitrogen and oxygen atoms in total. The molecule has 1 aliphatic rings. The lowest BCUT2D eigenvalue weighted by molar-refractivity contribution is -0.135. The third kappa shape index (κ3) is 4.76. The van der Waals surface area contributed by atoms with Crippen molar-refractivity contribution in [3.63, 3.8) is 0 Å². The highest BCUT2D eigenvalue weighted by atomic mass is 19.4. The molecular weight excluding hydrogens is 279 g/mol. The highest BCUT2D eigenvalue weighted by Crippen LogP contribution is 2.24. The Kier molecular flexibility index (Phi) is 5.26. The minimum absolute atomic E-state index is 0.0216. The largest absolute Gasteiger partial charge is 0.389 e. The lowest BCUT2D eigenvalue weighted by atomic mass is 10.00. The zero-order chi connectivity index (χ0) is 15.3. The monoisotopic (exact) mass is 299 g/mol. The molecule has 0 bridgehead atoms. The number of carbonyl (C=O) groups excluding carboxylic acids is 1. The van der Waals surface area contributed by atoms with Gasteiger partial charge >= 0.3 is 6.18 Å². The lowest BCUT2D eigenvalue weighted by Crippen LogP contribution is -2.36. The molecule has 1 aliphatic heterocycles. The van der Waals surface area contributed by atoms with E-state index < -0.39 is 12.6 Å². The van der Waals surface area contributed by atoms with Gasteiger partial charge in [0.2, 0.25) is 0 Å². The van der Waals surface area contributed by atoms with Crippen molar-refractivity contribution in [3.05, 3.63) is 35.4 Å². The van der Waals surface area contributed by atoms with Gasteiger partial charge in [-0.15, -0.1) is 0 Å². The molecule has 0 N–H and O–H groups in total. The topological polar surface area (TPSA) is 20.3 Å². The van der Waals surface area contributed by atoms with Crippen LogP contribution in [0.3, 0.4) is 0 Å². The van der Waals surface area contributed by atoms with Crippen LogP contribution in [-0.2, 0) is 6.42 Å². The van der Waals surface area contributed by atoms with Crippen LogP contribution >= 0.6 is 0 Å². The van der Waals surface area contributed by atoms with Crippen LogP contribution in [0.25, 0.3) is 0 Å². The predicted octanol–water partition coefficient (Wildman–Crippen LogP) is 4.20. The molecule has 0 radical (unpaired) electrons. The van der Waals surface area contributed by atoms with Gasteiger partial charge in [0.15, 0.2) is 0 Å². The summed E-state index contributed by atoms with van der Waals surface area (Å²) >= 11 is 0. The van der Waals surface area contributed by atoms with Crippen molar-refractivity contribution in [1.82, 2.24) is 4.90 Å². The molecule has 0 saturated carbocycles. The molecule has 5 heteroatoms. The normalized spacial score (nSPS) is 16.0. The number of alkyl halides is 3. The number of halogens is 3. The second kappa shape index (κ2) is 6.96. The number of nitrogens with zero attached hydrogens (tertiary/aromatic N) is 1. The number of aryl methyl sites for hydroxylation is 1. The van der Waals surface area contributed by atoms with Crippen molar-refractivity contribution in [1.29, 1.82) is 0 Å². The first-order chi connectivity index (χ1) is 9.97. The smallest absolute Gasteiger partial charge is 0.339 e. The Morgan fingerprint density at radius 3 is 2.43 bits per heavy atom. The summed E-state index contributed by atoms with van der Waals surface area (Å²) < 4.78 is 36.7. The number of benzene rings is 1. The van der Waals surface area contributed by atoms with Gasteiger partial charge in [-0.2, -0.15) is 13.2 Å². The quantitative estimate of drug-likeness (QED) is 0.816. The van der Waals surface area contributed by atoms with E-state index >= 15 is 0 Å². The summed E-state index contributed by atoms with van der Waals surface area (Å²) in [6.07, 6.45) is -1.49. The van der Waals surface area contributed by atoms with Crippen molar-refractivity contribution in [3.8, 4) is 0 Å². The van der Waals surface area contributed by atoms with Crippen LogP contribution in [0.15, 0.2) is 24.3 Å². The van der Waals surface area contributed by atoms with Crippen LogP contribution in [-0.4, -0.2) is 30.1 Å². The Morgan fingerprint density at radius 1 is 1.10 bits per heavy atom. The summed E-state index contributed by atoms with van der Waals surface area (Å²) in [6, 6.07) is 7.02. The van der Waals surface area contributed by atoms with Gasteiger partial charge in [-0.05, 0) is 43.7 Å². The van der Waals surface area contributed by atoms with Crippen molar-refractivity contribution < 1.29 is 18.0 Å². The van der Waals surface area contributed by atoms with Gasteiger partial charge < -0.3 is 4.90 Å². The van der Waals surface area contributed by atoms with E-state index in [9.17, 15) is 18.0 Å². The number of likely N-dealkylation sites (tertiary alicyclic amines) is 1. The zero-order valence-corrected chi connectivity index (χ0v) is 12.0. The van der Waals surface area contributed by atoms with Crippen LogP contribution in [0.4, 0.5) is 13.2 Å². The Bertz CT molecular complexity index is 479. The predicted molar refractivity (Wildman–Crippen MR) is 75.2 cm³/mol. The van der Waals surface area contributed by atoms with Crippen molar-refractivity contribution in [2.75, 3.05) is 13.1 Å². The van der Waals surface area contributed by atoms with Crippen molar-refractivity contribution >= 4 is 5.91 Å². The number of rotatable bonds is 4. The van der Waals surface area contributed by atoms with Gasteiger partial charge in [-0.1, -0.05) is 18.2 Å². The fourth-order valence-corrected chi connectivity index (χ4v) is 2.69. The van der Waals surface area contributed by atoms with E-state index in [-0.39, 0.29) is 18.7 Å². The Hall–Kier alpha value is -1.52. The fourth-order valence-electron chi connectivity index (χ4n) is 2.69. The van der Waals surface area contributed by atoms with E-state index in [0.29, 0.717) is 5.56 Å². The maximum absolute atomic E-state index is 12.5. The van der Waals surface area contributed by atoms with Crippen molar-refractivity contribution in [2.45, 2.75) is 44.7 Å². The molecule has 0 spiro atoms. The molecule has 1 aromatic rings. The average molecular weight is 299 g/mol. The standard InChI is InChI=1S/C16H20F3NO/c17-16(18,19)10-6-8-13-7-2-3-9-14(13)15(21)20-11-4-1-5-12-20/h2-3,7,9H,1,4-6,8,10-12H2. The fraction of sp³-hybridized carbons (Fsp3) is 0.562. The first-order valence-electron chi connectivity index (χ1n) is 7.41. The summed E-state index contributed by atoms with van der Waals surface area (Å²) in [5, 5.41) is 0. The number of hydrogen-bond donors (Lipinski definition) is 0. The molecule has 116 valence electrons. The third-order valence-corrected chi connectivity index (χ3v) is 3.80. The summed E-state index contributed by atoms with van der Waals surface area (Å²) in [4.78, 5) is 14.3. The zero-order valence-electron chi connectivity index (χ0n) is 12.0. The van der Waals surface area contributed by atoms with Gasteiger partial charge in [0.05, 0.1) is 0 Å². The molecule has 1 saturated heterocycles.